The van der Waals surface area contributed by atoms with Gasteiger partial charge in [0, 0.05) is 4.88 Å². The number of para-hydroxylation sites is 2. The van der Waals surface area contributed by atoms with Gasteiger partial charge in [0.05, 0.1) is 18.2 Å². The van der Waals surface area contributed by atoms with Gasteiger partial charge in [0.1, 0.15) is 22.9 Å². The van der Waals surface area contributed by atoms with Crippen LogP contribution < -0.4 is 15.6 Å². The van der Waals surface area contributed by atoms with Crippen LogP contribution in [-0.4, -0.2) is 22.6 Å². The van der Waals surface area contributed by atoms with Gasteiger partial charge in [-0.1, -0.05) is 12.1 Å². The van der Waals surface area contributed by atoms with Gasteiger partial charge in [-0.3, -0.25) is 14.2 Å². The van der Waals surface area contributed by atoms with Crippen LogP contribution in [0.15, 0.2) is 35.1 Å². The molecule has 1 aromatic carbocycles. The summed E-state index contributed by atoms with van der Waals surface area (Å²) in [5, 5.41) is 3.32. The number of rotatable bonds is 4. The fraction of sp³-hybridized carbons (Fsp3) is 0.235. The molecule has 3 rings (SSSR count). The fourth-order valence-electron chi connectivity index (χ4n) is 2.51. The average Bonchev–Trinajstić information content (AvgIpc) is 2.92. The van der Waals surface area contributed by atoms with E-state index in [0.29, 0.717) is 27.5 Å². The highest BCUT2D eigenvalue weighted by atomic mass is 32.1. The van der Waals surface area contributed by atoms with E-state index in [1.807, 2.05) is 19.1 Å². The number of aryl methyl sites for hydroxylation is 2. The fourth-order valence-corrected chi connectivity index (χ4v) is 3.42. The molecule has 24 heavy (non-hydrogen) atoms. The third kappa shape index (κ3) is 3.03. The normalized spacial score (nSPS) is 10.8. The minimum absolute atomic E-state index is 0.0967. The standard InChI is InChI=1S/C17H17N3O3S/c1-10-8-12-16(24-10)18-11(2)20(17(12)22)9-15(21)19-13-6-4-5-7-14(13)23-3/h4-8H,9H2,1-3H3,(H,19,21). The van der Waals surface area contributed by atoms with Crippen molar-refractivity contribution in [3.05, 3.63) is 51.4 Å². The summed E-state index contributed by atoms with van der Waals surface area (Å²) in [5.74, 6) is 0.777. The van der Waals surface area contributed by atoms with Crippen molar-refractivity contribution in [2.45, 2.75) is 20.4 Å². The van der Waals surface area contributed by atoms with Gasteiger partial charge in [-0.25, -0.2) is 4.98 Å². The third-order valence-electron chi connectivity index (χ3n) is 3.65. The highest BCUT2D eigenvalue weighted by Gasteiger charge is 2.14. The molecule has 0 saturated carbocycles. The van der Waals surface area contributed by atoms with E-state index in [1.165, 1.54) is 23.0 Å². The molecule has 2 heterocycles. The van der Waals surface area contributed by atoms with Crippen molar-refractivity contribution in [1.82, 2.24) is 9.55 Å². The Labute approximate surface area is 142 Å². The Bertz CT molecular complexity index is 975. The van der Waals surface area contributed by atoms with Crippen LogP contribution in [0.1, 0.15) is 10.7 Å². The molecule has 0 aliphatic heterocycles. The quantitative estimate of drug-likeness (QED) is 0.790. The molecule has 0 radical (unpaired) electrons. The highest BCUT2D eigenvalue weighted by Crippen LogP contribution is 2.23. The average molecular weight is 343 g/mol. The molecule has 0 fully saturated rings. The molecular formula is C17H17N3O3S. The number of nitrogens with one attached hydrogen (secondary N) is 1. The number of benzene rings is 1. The van der Waals surface area contributed by atoms with Crippen LogP contribution in [0, 0.1) is 13.8 Å². The van der Waals surface area contributed by atoms with E-state index in [-0.39, 0.29) is 18.0 Å². The number of anilines is 1. The van der Waals surface area contributed by atoms with Crippen LogP contribution in [0.5, 0.6) is 5.75 Å². The summed E-state index contributed by atoms with van der Waals surface area (Å²) in [6, 6.07) is 8.94. The first-order valence-corrected chi connectivity index (χ1v) is 8.21. The topological polar surface area (TPSA) is 73.2 Å². The third-order valence-corrected chi connectivity index (χ3v) is 4.59. The molecule has 0 unspecified atom stereocenters. The molecule has 0 spiro atoms. The van der Waals surface area contributed by atoms with Crippen LogP contribution in [-0.2, 0) is 11.3 Å². The molecule has 7 heteroatoms. The van der Waals surface area contributed by atoms with Crippen LogP contribution in [0.3, 0.4) is 0 Å². The molecule has 0 aliphatic rings. The highest BCUT2D eigenvalue weighted by molar-refractivity contribution is 7.18. The molecule has 0 aliphatic carbocycles. The van der Waals surface area contributed by atoms with Crippen molar-refractivity contribution in [1.29, 1.82) is 0 Å². The summed E-state index contributed by atoms with van der Waals surface area (Å²) in [6.07, 6.45) is 0. The Morgan fingerprint density at radius 1 is 1.33 bits per heavy atom. The minimum Gasteiger partial charge on any atom is -0.495 e. The Balaban J connectivity index is 1.89. The van der Waals surface area contributed by atoms with Crippen LogP contribution in [0.25, 0.3) is 10.2 Å². The zero-order chi connectivity index (χ0) is 17.3. The lowest BCUT2D eigenvalue weighted by atomic mass is 10.3. The molecule has 2 aromatic heterocycles. The van der Waals surface area contributed by atoms with E-state index in [9.17, 15) is 9.59 Å². The Hall–Kier alpha value is -2.67. The number of ether oxygens (including phenoxy) is 1. The second-order valence-corrected chi connectivity index (χ2v) is 6.61. The maximum Gasteiger partial charge on any atom is 0.262 e. The summed E-state index contributed by atoms with van der Waals surface area (Å²) >= 11 is 1.47. The molecule has 0 saturated heterocycles. The van der Waals surface area contributed by atoms with E-state index < -0.39 is 0 Å². The van der Waals surface area contributed by atoms with Gasteiger partial charge < -0.3 is 10.1 Å². The van der Waals surface area contributed by atoms with Crippen molar-refractivity contribution < 1.29 is 9.53 Å². The van der Waals surface area contributed by atoms with E-state index in [0.717, 1.165) is 4.88 Å². The predicted molar refractivity (Wildman–Crippen MR) is 95.0 cm³/mol. The van der Waals surface area contributed by atoms with Gasteiger partial charge in [0.2, 0.25) is 5.91 Å². The molecule has 0 atom stereocenters. The molecule has 1 amide bonds. The van der Waals surface area contributed by atoms with Crippen molar-refractivity contribution in [3.8, 4) is 5.75 Å². The number of amides is 1. The number of methoxy groups -OCH3 is 1. The van der Waals surface area contributed by atoms with Crippen molar-refractivity contribution in [2.24, 2.45) is 0 Å². The Morgan fingerprint density at radius 2 is 2.08 bits per heavy atom. The second kappa shape index (κ2) is 6.45. The minimum atomic E-state index is -0.308. The zero-order valence-corrected chi connectivity index (χ0v) is 14.4. The predicted octanol–water partition coefficient (Wildman–Crippen LogP) is 2.72. The summed E-state index contributed by atoms with van der Waals surface area (Å²) in [4.78, 5) is 31.1. The summed E-state index contributed by atoms with van der Waals surface area (Å²) in [6.45, 7) is 3.56. The Morgan fingerprint density at radius 3 is 2.83 bits per heavy atom. The van der Waals surface area contributed by atoms with Gasteiger partial charge in [0.25, 0.3) is 5.56 Å². The first kappa shape index (κ1) is 16.2. The zero-order valence-electron chi connectivity index (χ0n) is 13.6. The SMILES string of the molecule is COc1ccccc1NC(=O)Cn1c(C)nc2sc(C)cc2c1=O. The van der Waals surface area contributed by atoms with Gasteiger partial charge in [0.15, 0.2) is 0 Å². The molecular weight excluding hydrogens is 326 g/mol. The van der Waals surface area contributed by atoms with E-state index in [1.54, 1.807) is 25.1 Å². The number of thiophene rings is 1. The number of hydrogen-bond acceptors (Lipinski definition) is 5. The molecule has 6 nitrogen and oxygen atoms in total. The molecule has 124 valence electrons. The first-order valence-electron chi connectivity index (χ1n) is 7.40. The lowest BCUT2D eigenvalue weighted by Crippen LogP contribution is -2.30. The van der Waals surface area contributed by atoms with Gasteiger partial charge in [-0.05, 0) is 32.0 Å². The van der Waals surface area contributed by atoms with Crippen LogP contribution in [0.2, 0.25) is 0 Å². The second-order valence-electron chi connectivity index (χ2n) is 5.37. The number of carbonyl (C=O) groups excluding carboxylic acids is 1. The van der Waals surface area contributed by atoms with E-state index in [2.05, 4.69) is 10.3 Å². The smallest absolute Gasteiger partial charge is 0.262 e. The van der Waals surface area contributed by atoms with Crippen molar-refractivity contribution in [2.75, 3.05) is 12.4 Å². The van der Waals surface area contributed by atoms with E-state index in [4.69, 9.17) is 4.74 Å². The van der Waals surface area contributed by atoms with Gasteiger partial charge in [-0.15, -0.1) is 11.3 Å². The van der Waals surface area contributed by atoms with Crippen LogP contribution >= 0.6 is 11.3 Å². The maximum absolute atomic E-state index is 12.6. The van der Waals surface area contributed by atoms with Crippen LogP contribution in [0.4, 0.5) is 5.69 Å². The monoisotopic (exact) mass is 343 g/mol. The largest absolute Gasteiger partial charge is 0.495 e. The van der Waals surface area contributed by atoms with E-state index >= 15 is 0 Å². The summed E-state index contributed by atoms with van der Waals surface area (Å²) < 4.78 is 6.60. The van der Waals surface area contributed by atoms with Gasteiger partial charge in [-0.2, -0.15) is 0 Å². The number of carbonyl (C=O) groups is 1. The lowest BCUT2D eigenvalue weighted by molar-refractivity contribution is -0.116. The Kier molecular flexibility index (Phi) is 4.35. The lowest BCUT2D eigenvalue weighted by Gasteiger charge is -2.12. The molecule has 0 bridgehead atoms. The number of fused-ring (bicyclic) bond motifs is 1. The summed E-state index contributed by atoms with van der Waals surface area (Å²) in [5.41, 5.74) is 0.369. The number of nitrogens with zero attached hydrogens (tertiary/aromatic N) is 2. The number of aromatic nitrogens is 2. The molecule has 1 N–H and O–H groups in total. The van der Waals surface area contributed by atoms with Crippen molar-refractivity contribution >= 4 is 33.1 Å². The van der Waals surface area contributed by atoms with Crippen molar-refractivity contribution in [3.63, 3.8) is 0 Å². The number of hydrogen-bond donors (Lipinski definition) is 1. The summed E-state index contributed by atoms with van der Waals surface area (Å²) in [7, 11) is 1.54. The van der Waals surface area contributed by atoms with Gasteiger partial charge >= 0.3 is 0 Å². The molecule has 3 aromatic rings. The maximum atomic E-state index is 12.6. The first-order chi connectivity index (χ1) is 11.5.